The SMILES string of the molecule is N#C/N=C1/c2ccccc2/C(=N\C#N)c2nc(C(F)(F)F)c(-c3ccc(C(F)(F)F)cc3)nc21. The van der Waals surface area contributed by atoms with Crippen molar-refractivity contribution in [1.29, 1.82) is 10.5 Å². The van der Waals surface area contributed by atoms with Crippen LogP contribution >= 0.6 is 0 Å². The number of hydrogen-bond acceptors (Lipinski definition) is 6. The summed E-state index contributed by atoms with van der Waals surface area (Å²) in [5.74, 6) is 0. The van der Waals surface area contributed by atoms with Crippen molar-refractivity contribution in [3.63, 3.8) is 0 Å². The Bertz CT molecular complexity index is 1440. The highest BCUT2D eigenvalue weighted by molar-refractivity contribution is 6.30. The van der Waals surface area contributed by atoms with Gasteiger partial charge in [-0.1, -0.05) is 36.4 Å². The molecule has 0 bridgehead atoms. The van der Waals surface area contributed by atoms with E-state index in [0.29, 0.717) is 12.1 Å². The maximum Gasteiger partial charge on any atom is 0.435 e. The average Bonchev–Trinajstić information content (AvgIpc) is 2.79. The van der Waals surface area contributed by atoms with Crippen molar-refractivity contribution in [2.45, 2.75) is 12.4 Å². The number of aliphatic imine (C=N–C) groups is 2. The Balaban J connectivity index is 2.06. The van der Waals surface area contributed by atoms with E-state index in [4.69, 9.17) is 10.5 Å². The molecule has 0 fully saturated rings. The zero-order valence-corrected chi connectivity index (χ0v) is 16.6. The van der Waals surface area contributed by atoms with Gasteiger partial charge in [-0.05, 0) is 12.1 Å². The largest absolute Gasteiger partial charge is 0.435 e. The Morgan fingerprint density at radius 2 is 1.15 bits per heavy atom. The molecule has 0 spiro atoms. The second kappa shape index (κ2) is 8.08. The summed E-state index contributed by atoms with van der Waals surface area (Å²) in [4.78, 5) is 15.0. The fourth-order valence-electron chi connectivity index (χ4n) is 3.46. The predicted octanol–water partition coefficient (Wildman–Crippen LogP) is 5.13. The molecule has 12 heteroatoms. The van der Waals surface area contributed by atoms with Gasteiger partial charge in [-0.15, -0.1) is 0 Å². The normalized spacial score (nSPS) is 15.4. The van der Waals surface area contributed by atoms with Crippen molar-refractivity contribution >= 4 is 11.4 Å². The van der Waals surface area contributed by atoms with Crippen molar-refractivity contribution < 1.29 is 26.3 Å². The number of rotatable bonds is 1. The molecule has 0 N–H and O–H groups in total. The first-order valence-electron chi connectivity index (χ1n) is 9.27. The first kappa shape index (κ1) is 22.6. The zero-order chi connectivity index (χ0) is 24.7. The third kappa shape index (κ3) is 3.86. The quantitative estimate of drug-likeness (QED) is 0.284. The minimum absolute atomic E-state index is 0.112. The molecule has 0 saturated heterocycles. The Morgan fingerprint density at radius 3 is 1.59 bits per heavy atom. The van der Waals surface area contributed by atoms with Crippen molar-refractivity contribution in [2.75, 3.05) is 0 Å². The molecule has 0 aliphatic heterocycles. The van der Waals surface area contributed by atoms with E-state index in [1.165, 1.54) is 18.3 Å². The van der Waals surface area contributed by atoms with Crippen LogP contribution in [-0.2, 0) is 12.4 Å². The zero-order valence-electron chi connectivity index (χ0n) is 16.6. The van der Waals surface area contributed by atoms with Crippen molar-refractivity contribution in [1.82, 2.24) is 9.97 Å². The summed E-state index contributed by atoms with van der Waals surface area (Å²) in [6.45, 7) is 0. The molecule has 0 amide bonds. The van der Waals surface area contributed by atoms with Gasteiger partial charge in [-0.25, -0.2) is 9.97 Å². The van der Waals surface area contributed by atoms with Crippen LogP contribution < -0.4 is 0 Å². The molecule has 0 unspecified atom stereocenters. The summed E-state index contributed by atoms with van der Waals surface area (Å²) < 4.78 is 80.6. The van der Waals surface area contributed by atoms with Gasteiger partial charge in [-0.3, -0.25) is 0 Å². The summed E-state index contributed by atoms with van der Waals surface area (Å²) in [7, 11) is 0. The van der Waals surface area contributed by atoms with E-state index in [9.17, 15) is 26.3 Å². The molecule has 1 aliphatic rings. The highest BCUT2D eigenvalue weighted by Gasteiger charge is 2.41. The fourth-order valence-corrected chi connectivity index (χ4v) is 3.46. The third-order valence-corrected chi connectivity index (χ3v) is 4.86. The maximum absolute atomic E-state index is 14.0. The molecule has 1 aromatic heterocycles. The van der Waals surface area contributed by atoms with Crippen LogP contribution in [-0.4, -0.2) is 21.4 Å². The third-order valence-electron chi connectivity index (χ3n) is 4.86. The number of nitrogens with zero attached hydrogens (tertiary/aromatic N) is 6. The van der Waals surface area contributed by atoms with Gasteiger partial charge in [0.1, 0.15) is 28.5 Å². The van der Waals surface area contributed by atoms with Crippen molar-refractivity contribution in [2.24, 2.45) is 9.98 Å². The van der Waals surface area contributed by atoms with Gasteiger partial charge in [0, 0.05) is 16.7 Å². The number of nitriles is 2. The second-order valence-corrected chi connectivity index (χ2v) is 6.86. The van der Waals surface area contributed by atoms with Gasteiger partial charge < -0.3 is 0 Å². The molecule has 1 heterocycles. The molecular formula is C22H8F6N6. The van der Waals surface area contributed by atoms with Crippen LogP contribution in [0.3, 0.4) is 0 Å². The van der Waals surface area contributed by atoms with Gasteiger partial charge in [0.2, 0.25) is 12.4 Å². The molecule has 0 atom stereocenters. The highest BCUT2D eigenvalue weighted by atomic mass is 19.4. The van der Waals surface area contributed by atoms with Crippen LogP contribution in [0.15, 0.2) is 58.5 Å². The molecular weight excluding hydrogens is 462 g/mol. The molecule has 2 aromatic carbocycles. The predicted molar refractivity (Wildman–Crippen MR) is 106 cm³/mol. The van der Waals surface area contributed by atoms with E-state index >= 15 is 0 Å². The second-order valence-electron chi connectivity index (χ2n) is 6.86. The van der Waals surface area contributed by atoms with Gasteiger partial charge in [0.15, 0.2) is 5.69 Å². The highest BCUT2D eigenvalue weighted by Crippen LogP contribution is 2.38. The van der Waals surface area contributed by atoms with E-state index in [0.717, 1.165) is 12.1 Å². The summed E-state index contributed by atoms with van der Waals surface area (Å²) in [5, 5.41) is 18.3. The number of fused-ring (bicyclic) bond motifs is 2. The Morgan fingerprint density at radius 1 is 0.647 bits per heavy atom. The number of benzene rings is 2. The smallest absolute Gasteiger partial charge is 0.241 e. The number of halogens is 6. The molecule has 34 heavy (non-hydrogen) atoms. The van der Waals surface area contributed by atoms with E-state index in [-0.39, 0.29) is 33.8 Å². The topological polar surface area (TPSA) is 98.1 Å². The van der Waals surface area contributed by atoms with Crippen LogP contribution in [0.1, 0.15) is 33.8 Å². The van der Waals surface area contributed by atoms with Crippen LogP contribution in [0.2, 0.25) is 0 Å². The van der Waals surface area contributed by atoms with Gasteiger partial charge in [0.25, 0.3) is 0 Å². The number of alkyl halides is 6. The number of hydrogen-bond donors (Lipinski definition) is 0. The van der Waals surface area contributed by atoms with E-state index in [1.807, 2.05) is 0 Å². The standard InChI is InChI=1S/C22H8F6N6/c23-21(24,25)12-7-5-11(6-8-12)15-20(22(26,27)28)34-19-17(32-10-30)14-4-2-1-3-13(14)16(31-9-29)18(19)33-15/h1-8H/b31-16-,32-17+. The maximum atomic E-state index is 14.0. The molecule has 4 rings (SSSR count). The first-order chi connectivity index (χ1) is 16.1. The summed E-state index contributed by atoms with van der Waals surface area (Å²) in [5.41, 5.74) is -4.12. The molecule has 3 aromatic rings. The lowest BCUT2D eigenvalue weighted by Crippen LogP contribution is -2.28. The summed E-state index contributed by atoms with van der Waals surface area (Å²) in [6, 6.07) is 9.05. The fraction of sp³-hybridized carbons (Fsp3) is 0.0909. The molecule has 1 aliphatic carbocycles. The van der Waals surface area contributed by atoms with Gasteiger partial charge in [0.05, 0.1) is 5.56 Å². The lowest BCUT2D eigenvalue weighted by Gasteiger charge is -2.23. The first-order valence-corrected chi connectivity index (χ1v) is 9.27. The molecule has 6 nitrogen and oxygen atoms in total. The Labute approximate surface area is 187 Å². The van der Waals surface area contributed by atoms with Gasteiger partial charge in [-0.2, -0.15) is 46.9 Å². The van der Waals surface area contributed by atoms with Crippen LogP contribution in [0, 0.1) is 22.9 Å². The minimum atomic E-state index is -5.05. The summed E-state index contributed by atoms with van der Waals surface area (Å²) >= 11 is 0. The average molecular weight is 470 g/mol. The van der Waals surface area contributed by atoms with E-state index in [2.05, 4.69) is 20.0 Å². The molecule has 0 radical (unpaired) electrons. The van der Waals surface area contributed by atoms with E-state index in [1.54, 1.807) is 18.3 Å². The van der Waals surface area contributed by atoms with Crippen LogP contribution in [0.25, 0.3) is 11.3 Å². The lowest BCUT2D eigenvalue weighted by molar-refractivity contribution is -0.141. The Kier molecular flexibility index (Phi) is 5.37. The number of aromatic nitrogens is 2. The Hall–Kier alpha value is -4.58. The summed E-state index contributed by atoms with van der Waals surface area (Å²) in [6.07, 6.45) is -6.66. The molecule has 168 valence electrons. The minimum Gasteiger partial charge on any atom is -0.241 e. The molecule has 0 saturated carbocycles. The monoisotopic (exact) mass is 470 g/mol. The lowest BCUT2D eigenvalue weighted by atomic mass is 9.88. The van der Waals surface area contributed by atoms with Crippen molar-refractivity contribution in [3.8, 4) is 23.6 Å². The van der Waals surface area contributed by atoms with E-state index < -0.39 is 35.0 Å². The van der Waals surface area contributed by atoms with Crippen molar-refractivity contribution in [3.05, 3.63) is 82.3 Å². The van der Waals surface area contributed by atoms with Gasteiger partial charge >= 0.3 is 12.4 Å². The van der Waals surface area contributed by atoms with Crippen LogP contribution in [0.5, 0.6) is 0 Å². The van der Waals surface area contributed by atoms with Crippen LogP contribution in [0.4, 0.5) is 26.3 Å².